The van der Waals surface area contributed by atoms with Gasteiger partial charge < -0.3 is 14.9 Å². The lowest BCUT2D eigenvalue weighted by molar-refractivity contribution is -0.167. The molecule has 0 saturated carbocycles. The van der Waals surface area contributed by atoms with E-state index in [9.17, 15) is 23.4 Å². The Morgan fingerprint density at radius 1 is 1.04 bits per heavy atom. The molecule has 0 aromatic heterocycles. The van der Waals surface area contributed by atoms with Crippen molar-refractivity contribution in [3.63, 3.8) is 0 Å². The van der Waals surface area contributed by atoms with Crippen LogP contribution in [0, 0.1) is 6.92 Å². The molecule has 2 aromatic carbocycles. The Labute approximate surface area is 161 Å². The molecule has 152 valence electrons. The molecule has 4 N–H and O–H groups in total. The van der Waals surface area contributed by atoms with Crippen LogP contribution >= 0.6 is 0 Å². The van der Waals surface area contributed by atoms with Crippen molar-refractivity contribution < 1.29 is 28.1 Å². The van der Waals surface area contributed by atoms with Gasteiger partial charge in [0.1, 0.15) is 23.4 Å². The van der Waals surface area contributed by atoms with Crippen molar-refractivity contribution in [2.45, 2.75) is 51.1 Å². The van der Waals surface area contributed by atoms with Crippen molar-refractivity contribution >= 4 is 0 Å². The zero-order valence-corrected chi connectivity index (χ0v) is 15.5. The minimum atomic E-state index is -4.56. The molecule has 0 spiro atoms. The van der Waals surface area contributed by atoms with E-state index in [0.29, 0.717) is 5.75 Å². The van der Waals surface area contributed by atoms with Crippen molar-refractivity contribution in [1.82, 2.24) is 10.9 Å². The van der Waals surface area contributed by atoms with Crippen LogP contribution in [0.25, 0.3) is 0 Å². The van der Waals surface area contributed by atoms with Gasteiger partial charge >= 0.3 is 6.18 Å². The highest BCUT2D eigenvalue weighted by molar-refractivity contribution is 5.49. The number of nitrogens with one attached hydrogen (secondary N) is 2. The fraction of sp³-hybridized carbons (Fsp3) is 0.400. The second-order valence-corrected chi connectivity index (χ2v) is 6.91. The maximum Gasteiger partial charge on any atom is 0.408 e. The average Bonchev–Trinajstić information content (AvgIpc) is 3.05. The summed E-state index contributed by atoms with van der Waals surface area (Å²) in [6.45, 7) is 3.53. The maximum absolute atomic E-state index is 13.5. The van der Waals surface area contributed by atoms with Gasteiger partial charge in [-0.15, -0.1) is 0 Å². The Morgan fingerprint density at radius 2 is 1.71 bits per heavy atom. The first kappa shape index (κ1) is 20.3. The van der Waals surface area contributed by atoms with Gasteiger partial charge in [-0.3, -0.25) is 0 Å². The molecule has 0 bridgehead atoms. The van der Waals surface area contributed by atoms with Crippen LogP contribution in [-0.2, 0) is 6.42 Å². The molecular weight excluding hydrogens is 373 g/mol. The number of halogens is 3. The number of aromatic hydroxyl groups is 2. The standard InChI is InChI=1S/C20H23F3N2O3/c1-3-4-12-5-7-13(8-6-12)28-18-16(24-25-19(18)20(21,22)23)14-9-10-15(26)11(2)17(14)27/h5-10,16,18-19,24-27H,3-4H2,1-2H3. The van der Waals surface area contributed by atoms with Gasteiger partial charge in [0.25, 0.3) is 0 Å². The van der Waals surface area contributed by atoms with Crippen LogP contribution in [0.2, 0.25) is 0 Å². The molecule has 5 nitrogen and oxygen atoms in total. The predicted molar refractivity (Wildman–Crippen MR) is 98.2 cm³/mol. The first-order valence-corrected chi connectivity index (χ1v) is 9.07. The lowest BCUT2D eigenvalue weighted by Crippen LogP contribution is -2.47. The molecule has 1 fully saturated rings. The van der Waals surface area contributed by atoms with Gasteiger partial charge in [-0.2, -0.15) is 13.2 Å². The van der Waals surface area contributed by atoms with Crippen molar-refractivity contribution in [2.24, 2.45) is 0 Å². The van der Waals surface area contributed by atoms with Crippen molar-refractivity contribution in [3.05, 3.63) is 53.1 Å². The summed E-state index contributed by atoms with van der Waals surface area (Å²) < 4.78 is 46.3. The lowest BCUT2D eigenvalue weighted by atomic mass is 9.95. The quantitative estimate of drug-likeness (QED) is 0.617. The number of phenols is 2. The van der Waals surface area contributed by atoms with Gasteiger partial charge in [-0.25, -0.2) is 10.9 Å². The Bertz CT molecular complexity index is 825. The third-order valence-electron chi connectivity index (χ3n) is 4.91. The van der Waals surface area contributed by atoms with Gasteiger partial charge in [-0.05, 0) is 43.2 Å². The maximum atomic E-state index is 13.5. The predicted octanol–water partition coefficient (Wildman–Crippen LogP) is 3.89. The topological polar surface area (TPSA) is 73.8 Å². The van der Waals surface area contributed by atoms with E-state index in [1.807, 2.05) is 19.1 Å². The zero-order chi connectivity index (χ0) is 20.5. The molecule has 1 saturated heterocycles. The second kappa shape index (κ2) is 7.89. The summed E-state index contributed by atoms with van der Waals surface area (Å²) in [6, 6.07) is 6.73. The monoisotopic (exact) mass is 396 g/mol. The molecule has 0 amide bonds. The van der Waals surface area contributed by atoms with E-state index in [0.717, 1.165) is 18.4 Å². The summed E-state index contributed by atoms with van der Waals surface area (Å²) in [7, 11) is 0. The molecule has 3 unspecified atom stereocenters. The molecule has 0 radical (unpaired) electrons. The van der Waals surface area contributed by atoms with Gasteiger partial charge in [0, 0.05) is 11.1 Å². The van der Waals surface area contributed by atoms with Crippen LogP contribution in [0.1, 0.15) is 36.1 Å². The SMILES string of the molecule is CCCc1ccc(OC2C(c3ccc(O)c(C)c3O)NNC2C(F)(F)F)cc1. The Morgan fingerprint density at radius 3 is 2.32 bits per heavy atom. The normalized spacial score (nSPS) is 22.4. The van der Waals surface area contributed by atoms with Crippen LogP contribution in [0.4, 0.5) is 13.2 Å². The molecule has 0 aliphatic carbocycles. The van der Waals surface area contributed by atoms with Crippen LogP contribution in [0.3, 0.4) is 0 Å². The number of hydrogen-bond acceptors (Lipinski definition) is 5. The zero-order valence-electron chi connectivity index (χ0n) is 15.5. The van der Waals surface area contributed by atoms with Crippen molar-refractivity contribution in [1.29, 1.82) is 0 Å². The molecule has 1 heterocycles. The summed E-state index contributed by atoms with van der Waals surface area (Å²) in [4.78, 5) is 0. The van der Waals surface area contributed by atoms with Gasteiger partial charge in [0.2, 0.25) is 0 Å². The smallest absolute Gasteiger partial charge is 0.408 e. The van der Waals surface area contributed by atoms with Crippen molar-refractivity contribution in [2.75, 3.05) is 0 Å². The van der Waals surface area contributed by atoms with Crippen LogP contribution < -0.4 is 15.6 Å². The molecular formula is C20H23F3N2O3. The minimum absolute atomic E-state index is 0.136. The molecule has 1 aliphatic heterocycles. The average molecular weight is 396 g/mol. The number of hydrogen-bond donors (Lipinski definition) is 4. The van der Waals surface area contributed by atoms with E-state index in [4.69, 9.17) is 4.74 Å². The summed E-state index contributed by atoms with van der Waals surface area (Å²) in [6.07, 6.45) is -4.07. The number of benzene rings is 2. The van der Waals surface area contributed by atoms with Crippen LogP contribution in [0.5, 0.6) is 17.2 Å². The fourth-order valence-corrected chi connectivity index (χ4v) is 3.34. The summed E-state index contributed by atoms with van der Waals surface area (Å²) in [5.74, 6) is -0.0952. The van der Waals surface area contributed by atoms with E-state index >= 15 is 0 Å². The van der Waals surface area contributed by atoms with E-state index < -0.39 is 24.4 Å². The van der Waals surface area contributed by atoms with E-state index in [-0.39, 0.29) is 22.6 Å². The molecule has 2 aromatic rings. The highest BCUT2D eigenvalue weighted by Gasteiger charge is 2.53. The lowest BCUT2D eigenvalue weighted by Gasteiger charge is -2.26. The fourth-order valence-electron chi connectivity index (χ4n) is 3.34. The molecule has 3 rings (SSSR count). The van der Waals surface area contributed by atoms with E-state index in [2.05, 4.69) is 10.9 Å². The largest absolute Gasteiger partial charge is 0.508 e. The summed E-state index contributed by atoms with van der Waals surface area (Å²) >= 11 is 0. The number of rotatable bonds is 5. The Hall–Kier alpha value is -2.45. The van der Waals surface area contributed by atoms with Crippen LogP contribution in [-0.4, -0.2) is 28.5 Å². The second-order valence-electron chi connectivity index (χ2n) is 6.91. The number of aryl methyl sites for hydroxylation is 1. The molecule has 8 heteroatoms. The van der Waals surface area contributed by atoms with Crippen LogP contribution in [0.15, 0.2) is 36.4 Å². The highest BCUT2D eigenvalue weighted by Crippen LogP contribution is 2.40. The number of ether oxygens (including phenoxy) is 1. The first-order valence-electron chi connectivity index (χ1n) is 9.07. The van der Waals surface area contributed by atoms with Gasteiger partial charge in [0.05, 0.1) is 6.04 Å². The number of hydrazine groups is 1. The van der Waals surface area contributed by atoms with Gasteiger partial charge in [-0.1, -0.05) is 25.5 Å². The first-order chi connectivity index (χ1) is 13.2. The summed E-state index contributed by atoms with van der Waals surface area (Å²) in [5, 5.41) is 20.1. The molecule has 3 atom stereocenters. The highest BCUT2D eigenvalue weighted by atomic mass is 19.4. The molecule has 28 heavy (non-hydrogen) atoms. The Kier molecular flexibility index (Phi) is 5.71. The third kappa shape index (κ3) is 4.02. The van der Waals surface area contributed by atoms with Gasteiger partial charge in [0.15, 0.2) is 6.04 Å². The Balaban J connectivity index is 1.93. The number of alkyl halides is 3. The number of phenolic OH excluding ortho intramolecular Hbond substituents is 2. The third-order valence-corrected chi connectivity index (χ3v) is 4.91. The van der Waals surface area contributed by atoms with E-state index in [1.54, 1.807) is 12.1 Å². The molecule has 1 aliphatic rings. The minimum Gasteiger partial charge on any atom is -0.508 e. The van der Waals surface area contributed by atoms with E-state index in [1.165, 1.54) is 19.1 Å². The summed E-state index contributed by atoms with van der Waals surface area (Å²) in [5.41, 5.74) is 6.30. The van der Waals surface area contributed by atoms with Crippen molar-refractivity contribution in [3.8, 4) is 17.2 Å².